The molecule has 1 unspecified atom stereocenters. The minimum Gasteiger partial charge on any atom is -0.480 e. The lowest BCUT2D eigenvalue weighted by atomic mass is 9.83. The van der Waals surface area contributed by atoms with Gasteiger partial charge in [-0.1, -0.05) is 39.0 Å². The molecule has 0 aromatic rings. The SMILES string of the molecule is CCCCC(NC(=O)NCCC1CCC1)C(=O)O. The molecule has 5 nitrogen and oxygen atoms in total. The quantitative estimate of drug-likeness (QED) is 0.622. The molecule has 5 heteroatoms. The van der Waals surface area contributed by atoms with Gasteiger partial charge in [0, 0.05) is 6.54 Å². The number of hydrogen-bond donors (Lipinski definition) is 3. The highest BCUT2D eigenvalue weighted by molar-refractivity contribution is 5.82. The summed E-state index contributed by atoms with van der Waals surface area (Å²) in [5.41, 5.74) is 0. The van der Waals surface area contributed by atoms with Crippen molar-refractivity contribution in [3.63, 3.8) is 0 Å². The molecular weight excluding hydrogens is 232 g/mol. The van der Waals surface area contributed by atoms with E-state index >= 15 is 0 Å². The van der Waals surface area contributed by atoms with Crippen molar-refractivity contribution in [2.75, 3.05) is 6.54 Å². The number of carbonyl (C=O) groups excluding carboxylic acids is 1. The molecule has 2 amide bonds. The highest BCUT2D eigenvalue weighted by Gasteiger charge is 2.20. The predicted octanol–water partition coefficient (Wildman–Crippen LogP) is 2.12. The lowest BCUT2D eigenvalue weighted by Gasteiger charge is -2.25. The van der Waals surface area contributed by atoms with Crippen molar-refractivity contribution in [3.05, 3.63) is 0 Å². The lowest BCUT2D eigenvalue weighted by Crippen LogP contribution is -2.46. The number of urea groups is 1. The van der Waals surface area contributed by atoms with Crippen molar-refractivity contribution in [1.29, 1.82) is 0 Å². The molecule has 0 heterocycles. The van der Waals surface area contributed by atoms with E-state index in [9.17, 15) is 9.59 Å². The number of carboxylic acid groups (broad SMARTS) is 1. The van der Waals surface area contributed by atoms with Crippen LogP contribution in [0.3, 0.4) is 0 Å². The molecule has 1 aliphatic rings. The van der Waals surface area contributed by atoms with Crippen molar-refractivity contribution in [3.8, 4) is 0 Å². The van der Waals surface area contributed by atoms with Crippen molar-refractivity contribution in [1.82, 2.24) is 10.6 Å². The van der Waals surface area contributed by atoms with Crippen molar-refractivity contribution < 1.29 is 14.7 Å². The van der Waals surface area contributed by atoms with Crippen molar-refractivity contribution in [2.24, 2.45) is 5.92 Å². The first-order valence-corrected chi connectivity index (χ1v) is 6.90. The zero-order valence-electron chi connectivity index (χ0n) is 11.1. The molecule has 1 saturated carbocycles. The van der Waals surface area contributed by atoms with Gasteiger partial charge in [-0.25, -0.2) is 9.59 Å². The number of aliphatic carboxylic acids is 1. The molecule has 0 bridgehead atoms. The number of carboxylic acids is 1. The Balaban J connectivity index is 2.16. The van der Waals surface area contributed by atoms with Crippen molar-refractivity contribution in [2.45, 2.75) is 57.9 Å². The van der Waals surface area contributed by atoms with Crippen LogP contribution >= 0.6 is 0 Å². The van der Waals surface area contributed by atoms with Crippen LogP contribution in [0.1, 0.15) is 51.9 Å². The lowest BCUT2D eigenvalue weighted by molar-refractivity contribution is -0.139. The van der Waals surface area contributed by atoms with Gasteiger partial charge in [-0.3, -0.25) is 0 Å². The van der Waals surface area contributed by atoms with E-state index in [1.807, 2.05) is 6.92 Å². The summed E-state index contributed by atoms with van der Waals surface area (Å²) in [6.45, 7) is 2.63. The fraction of sp³-hybridized carbons (Fsp3) is 0.846. The average molecular weight is 256 g/mol. The molecular formula is C13H24N2O3. The normalized spacial score (nSPS) is 16.7. The Labute approximate surface area is 108 Å². The fourth-order valence-corrected chi connectivity index (χ4v) is 2.05. The maximum atomic E-state index is 11.5. The van der Waals surface area contributed by atoms with Crippen LogP contribution in [-0.2, 0) is 4.79 Å². The van der Waals surface area contributed by atoms with Gasteiger partial charge in [0.2, 0.25) is 0 Å². The summed E-state index contributed by atoms with van der Waals surface area (Å²) in [6, 6.07) is -1.13. The van der Waals surface area contributed by atoms with Gasteiger partial charge in [0.05, 0.1) is 0 Å². The fourth-order valence-electron chi connectivity index (χ4n) is 2.05. The number of unbranched alkanes of at least 4 members (excludes halogenated alkanes) is 1. The molecule has 0 aromatic heterocycles. The van der Waals surface area contributed by atoms with E-state index in [0.717, 1.165) is 25.2 Å². The Morgan fingerprint density at radius 2 is 2.11 bits per heavy atom. The summed E-state index contributed by atoms with van der Waals surface area (Å²) in [6.07, 6.45) is 7.04. The molecule has 18 heavy (non-hydrogen) atoms. The number of nitrogens with one attached hydrogen (secondary N) is 2. The second-order valence-corrected chi connectivity index (χ2v) is 5.02. The molecule has 0 aliphatic heterocycles. The van der Waals surface area contributed by atoms with Crippen LogP contribution in [0.4, 0.5) is 4.79 Å². The van der Waals surface area contributed by atoms with E-state index in [4.69, 9.17) is 5.11 Å². The number of hydrogen-bond acceptors (Lipinski definition) is 2. The second-order valence-electron chi connectivity index (χ2n) is 5.02. The zero-order valence-corrected chi connectivity index (χ0v) is 11.1. The van der Waals surface area contributed by atoms with Crippen LogP contribution in [0.25, 0.3) is 0 Å². The van der Waals surface area contributed by atoms with Gasteiger partial charge >= 0.3 is 12.0 Å². The Morgan fingerprint density at radius 3 is 2.61 bits per heavy atom. The third kappa shape index (κ3) is 5.38. The first-order valence-electron chi connectivity index (χ1n) is 6.90. The summed E-state index contributed by atoms with van der Waals surface area (Å²) >= 11 is 0. The summed E-state index contributed by atoms with van der Waals surface area (Å²) < 4.78 is 0. The summed E-state index contributed by atoms with van der Waals surface area (Å²) in [7, 11) is 0. The van der Waals surface area contributed by atoms with Crippen molar-refractivity contribution >= 4 is 12.0 Å². The van der Waals surface area contributed by atoms with Crippen LogP contribution < -0.4 is 10.6 Å². The minimum absolute atomic E-state index is 0.363. The van der Waals surface area contributed by atoms with E-state index < -0.39 is 12.0 Å². The van der Waals surface area contributed by atoms with Gasteiger partial charge in [-0.2, -0.15) is 0 Å². The van der Waals surface area contributed by atoms with Crippen LogP contribution in [0.2, 0.25) is 0 Å². The first-order chi connectivity index (χ1) is 8.63. The molecule has 0 spiro atoms. The minimum atomic E-state index is -0.961. The largest absolute Gasteiger partial charge is 0.480 e. The highest BCUT2D eigenvalue weighted by atomic mass is 16.4. The van der Waals surface area contributed by atoms with Gasteiger partial charge in [0.15, 0.2) is 0 Å². The van der Waals surface area contributed by atoms with Crippen LogP contribution in [-0.4, -0.2) is 29.7 Å². The molecule has 1 aliphatic carbocycles. The average Bonchev–Trinajstić information content (AvgIpc) is 2.27. The smallest absolute Gasteiger partial charge is 0.326 e. The van der Waals surface area contributed by atoms with E-state index in [1.54, 1.807) is 0 Å². The zero-order chi connectivity index (χ0) is 13.4. The summed E-state index contributed by atoms with van der Waals surface area (Å²) in [5.74, 6) is -0.210. The number of amides is 2. The van der Waals surface area contributed by atoms with E-state index in [0.29, 0.717) is 13.0 Å². The first kappa shape index (κ1) is 14.8. The predicted molar refractivity (Wildman–Crippen MR) is 69.4 cm³/mol. The molecule has 104 valence electrons. The van der Waals surface area contributed by atoms with E-state index in [1.165, 1.54) is 19.3 Å². The van der Waals surface area contributed by atoms with Gasteiger partial charge in [-0.15, -0.1) is 0 Å². The molecule has 1 atom stereocenters. The van der Waals surface area contributed by atoms with Crippen LogP contribution in [0, 0.1) is 5.92 Å². The van der Waals surface area contributed by atoms with Crippen LogP contribution in [0.5, 0.6) is 0 Å². The molecule has 0 saturated heterocycles. The van der Waals surface area contributed by atoms with Gasteiger partial charge in [0.1, 0.15) is 6.04 Å². The van der Waals surface area contributed by atoms with Crippen LogP contribution in [0.15, 0.2) is 0 Å². The number of carbonyl (C=O) groups is 2. The highest BCUT2D eigenvalue weighted by Crippen LogP contribution is 2.28. The summed E-state index contributed by atoms with van der Waals surface area (Å²) in [4.78, 5) is 22.5. The third-order valence-electron chi connectivity index (χ3n) is 3.51. The standard InChI is InChI=1S/C13H24N2O3/c1-2-3-7-11(12(16)17)15-13(18)14-9-8-10-5-4-6-10/h10-11H,2-9H2,1H3,(H,16,17)(H2,14,15,18). The van der Waals surface area contributed by atoms with E-state index in [2.05, 4.69) is 10.6 Å². The monoisotopic (exact) mass is 256 g/mol. The maximum absolute atomic E-state index is 11.5. The topological polar surface area (TPSA) is 78.4 Å². The van der Waals surface area contributed by atoms with Gasteiger partial charge in [0.25, 0.3) is 0 Å². The molecule has 1 rings (SSSR count). The Bertz CT molecular complexity index is 277. The Morgan fingerprint density at radius 1 is 1.39 bits per heavy atom. The third-order valence-corrected chi connectivity index (χ3v) is 3.51. The molecule has 1 fully saturated rings. The molecule has 0 aromatic carbocycles. The second kappa shape index (κ2) is 7.95. The van der Waals surface area contributed by atoms with Gasteiger partial charge in [-0.05, 0) is 18.8 Å². The summed E-state index contributed by atoms with van der Waals surface area (Å²) in [5, 5.41) is 14.2. The van der Waals surface area contributed by atoms with E-state index in [-0.39, 0.29) is 6.03 Å². The molecule has 3 N–H and O–H groups in total. The Hall–Kier alpha value is -1.26. The maximum Gasteiger partial charge on any atom is 0.326 e. The van der Waals surface area contributed by atoms with Gasteiger partial charge < -0.3 is 15.7 Å². The molecule has 0 radical (unpaired) electrons. The Kier molecular flexibility index (Phi) is 6.54. The number of rotatable bonds is 8.